The van der Waals surface area contributed by atoms with E-state index in [1.54, 1.807) is 7.11 Å². The van der Waals surface area contributed by atoms with E-state index in [9.17, 15) is 0 Å². The van der Waals surface area contributed by atoms with Crippen LogP contribution in [-0.4, -0.2) is 16.5 Å². The van der Waals surface area contributed by atoms with Gasteiger partial charge >= 0.3 is 0 Å². The number of fused-ring (bicyclic) bond motifs is 1. The zero-order chi connectivity index (χ0) is 17.9. The molecule has 2 heterocycles. The number of benzene rings is 2. The van der Waals surface area contributed by atoms with E-state index in [2.05, 4.69) is 17.4 Å². The lowest BCUT2D eigenvalue weighted by molar-refractivity contribution is 0.284. The van der Waals surface area contributed by atoms with Crippen molar-refractivity contribution >= 4 is 5.65 Å². The highest BCUT2D eigenvalue weighted by molar-refractivity contribution is 5.66. The average molecular weight is 344 g/mol. The van der Waals surface area contributed by atoms with Gasteiger partial charge in [0.05, 0.1) is 12.8 Å². The average Bonchev–Trinajstić information content (AvgIpc) is 3.13. The standard InChI is InChI=1S/C22H20N2O2/c1-16-7-6-10-22-23-19(14-24(16)22)18-11-12-20(21(13-18)25-2)26-15-17-8-4-3-5-9-17/h3-14H,15H2,1-2H3. The Balaban J connectivity index is 1.62. The number of methoxy groups -OCH3 is 1. The molecule has 2 aromatic heterocycles. The fraction of sp³-hybridized carbons (Fsp3) is 0.136. The molecule has 4 aromatic rings. The Hall–Kier alpha value is -3.27. The third kappa shape index (κ3) is 3.14. The lowest BCUT2D eigenvalue weighted by Gasteiger charge is -2.11. The smallest absolute Gasteiger partial charge is 0.161 e. The summed E-state index contributed by atoms with van der Waals surface area (Å²) in [7, 11) is 1.66. The molecule has 0 radical (unpaired) electrons. The molecule has 4 rings (SSSR count). The Morgan fingerprint density at radius 1 is 0.923 bits per heavy atom. The summed E-state index contributed by atoms with van der Waals surface area (Å²) >= 11 is 0. The van der Waals surface area contributed by atoms with E-state index >= 15 is 0 Å². The number of aromatic nitrogens is 2. The molecule has 0 spiro atoms. The van der Waals surface area contributed by atoms with Gasteiger partial charge in [0.1, 0.15) is 12.3 Å². The number of imidazole rings is 1. The van der Waals surface area contributed by atoms with Crippen molar-refractivity contribution in [3.05, 3.63) is 84.2 Å². The van der Waals surface area contributed by atoms with Crippen LogP contribution in [0.4, 0.5) is 0 Å². The van der Waals surface area contributed by atoms with E-state index in [0.717, 1.165) is 33.9 Å². The van der Waals surface area contributed by atoms with Gasteiger partial charge in [0.15, 0.2) is 11.5 Å². The van der Waals surface area contributed by atoms with Crippen molar-refractivity contribution in [2.45, 2.75) is 13.5 Å². The van der Waals surface area contributed by atoms with Crippen molar-refractivity contribution in [3.63, 3.8) is 0 Å². The fourth-order valence-corrected chi connectivity index (χ4v) is 2.97. The van der Waals surface area contributed by atoms with Crippen LogP contribution < -0.4 is 9.47 Å². The van der Waals surface area contributed by atoms with Crippen molar-refractivity contribution < 1.29 is 9.47 Å². The summed E-state index contributed by atoms with van der Waals surface area (Å²) in [5.41, 5.74) is 5.11. The minimum absolute atomic E-state index is 0.504. The van der Waals surface area contributed by atoms with Crippen LogP contribution >= 0.6 is 0 Å². The number of hydrogen-bond acceptors (Lipinski definition) is 3. The first-order valence-corrected chi connectivity index (χ1v) is 8.54. The summed E-state index contributed by atoms with van der Waals surface area (Å²) in [6.07, 6.45) is 2.05. The summed E-state index contributed by atoms with van der Waals surface area (Å²) in [5, 5.41) is 0. The van der Waals surface area contributed by atoms with Crippen molar-refractivity contribution in [2.24, 2.45) is 0 Å². The van der Waals surface area contributed by atoms with Gasteiger partial charge in [-0.15, -0.1) is 0 Å². The molecule has 0 bridgehead atoms. The van der Waals surface area contributed by atoms with Crippen LogP contribution in [0.15, 0.2) is 72.9 Å². The van der Waals surface area contributed by atoms with Gasteiger partial charge in [-0.25, -0.2) is 4.98 Å². The van der Waals surface area contributed by atoms with Crippen LogP contribution in [0, 0.1) is 6.92 Å². The van der Waals surface area contributed by atoms with E-state index in [0.29, 0.717) is 12.4 Å². The minimum Gasteiger partial charge on any atom is -0.493 e. The lowest BCUT2D eigenvalue weighted by atomic mass is 10.1. The normalized spacial score (nSPS) is 10.8. The van der Waals surface area contributed by atoms with Crippen LogP contribution in [0.2, 0.25) is 0 Å². The molecule has 0 unspecified atom stereocenters. The highest BCUT2D eigenvalue weighted by Crippen LogP contribution is 2.33. The molecule has 4 nitrogen and oxygen atoms in total. The number of nitrogens with zero attached hydrogens (tertiary/aromatic N) is 2. The number of aryl methyl sites for hydroxylation is 1. The van der Waals surface area contributed by atoms with Crippen LogP contribution in [-0.2, 0) is 6.61 Å². The Bertz CT molecular complexity index is 1040. The first-order chi connectivity index (χ1) is 12.7. The number of rotatable bonds is 5. The second-order valence-electron chi connectivity index (χ2n) is 6.16. The quantitative estimate of drug-likeness (QED) is 0.517. The highest BCUT2D eigenvalue weighted by Gasteiger charge is 2.11. The molecule has 0 saturated carbocycles. The Labute approximate surface area is 152 Å². The second-order valence-corrected chi connectivity index (χ2v) is 6.16. The summed E-state index contributed by atoms with van der Waals surface area (Å²) < 4.78 is 13.6. The van der Waals surface area contributed by atoms with E-state index in [1.165, 1.54) is 0 Å². The SMILES string of the molecule is COc1cc(-c2cn3c(C)cccc3n2)ccc1OCc1ccccc1. The van der Waals surface area contributed by atoms with Crippen LogP contribution in [0.1, 0.15) is 11.3 Å². The van der Waals surface area contributed by atoms with Gasteiger partial charge in [0, 0.05) is 17.5 Å². The van der Waals surface area contributed by atoms with Crippen molar-refractivity contribution in [1.29, 1.82) is 0 Å². The summed E-state index contributed by atoms with van der Waals surface area (Å²) in [6, 6.07) is 22.1. The predicted molar refractivity (Wildman–Crippen MR) is 103 cm³/mol. The van der Waals surface area contributed by atoms with Gasteiger partial charge in [-0.05, 0) is 42.8 Å². The monoisotopic (exact) mass is 344 g/mol. The molecule has 0 saturated heterocycles. The number of pyridine rings is 1. The molecule has 4 heteroatoms. The molecule has 0 aliphatic rings. The van der Waals surface area contributed by atoms with Crippen LogP contribution in [0.3, 0.4) is 0 Å². The van der Waals surface area contributed by atoms with E-state index in [-0.39, 0.29) is 0 Å². The third-order valence-corrected chi connectivity index (χ3v) is 4.39. The predicted octanol–water partition coefficient (Wildman–Crippen LogP) is 4.90. The molecule has 0 aliphatic carbocycles. The maximum absolute atomic E-state index is 5.93. The van der Waals surface area contributed by atoms with Gasteiger partial charge in [0.2, 0.25) is 0 Å². The van der Waals surface area contributed by atoms with E-state index < -0.39 is 0 Å². The number of hydrogen-bond donors (Lipinski definition) is 0. The summed E-state index contributed by atoms with van der Waals surface area (Å²) in [6.45, 7) is 2.57. The fourth-order valence-electron chi connectivity index (χ4n) is 2.97. The van der Waals surface area contributed by atoms with Crippen molar-refractivity contribution in [1.82, 2.24) is 9.38 Å². The molecule has 0 N–H and O–H groups in total. The maximum Gasteiger partial charge on any atom is 0.161 e. The maximum atomic E-state index is 5.93. The van der Waals surface area contributed by atoms with E-state index in [1.807, 2.05) is 66.9 Å². The second kappa shape index (κ2) is 6.92. The molecule has 0 aliphatic heterocycles. The summed E-state index contributed by atoms with van der Waals surface area (Å²) in [4.78, 5) is 4.71. The van der Waals surface area contributed by atoms with Crippen LogP contribution in [0.25, 0.3) is 16.9 Å². The third-order valence-electron chi connectivity index (χ3n) is 4.39. The Kier molecular flexibility index (Phi) is 4.32. The largest absolute Gasteiger partial charge is 0.493 e. The highest BCUT2D eigenvalue weighted by atomic mass is 16.5. The Morgan fingerprint density at radius 2 is 1.77 bits per heavy atom. The molecule has 0 amide bonds. The van der Waals surface area contributed by atoms with Crippen LogP contribution in [0.5, 0.6) is 11.5 Å². The van der Waals surface area contributed by atoms with Gasteiger partial charge in [0.25, 0.3) is 0 Å². The molecular formula is C22H20N2O2. The van der Waals surface area contributed by atoms with Gasteiger partial charge in [-0.2, -0.15) is 0 Å². The molecule has 2 aromatic carbocycles. The molecular weight excluding hydrogens is 324 g/mol. The van der Waals surface area contributed by atoms with Crippen molar-refractivity contribution in [3.8, 4) is 22.8 Å². The topological polar surface area (TPSA) is 35.8 Å². The van der Waals surface area contributed by atoms with Gasteiger partial charge in [-0.1, -0.05) is 36.4 Å². The Morgan fingerprint density at radius 3 is 2.54 bits per heavy atom. The zero-order valence-corrected chi connectivity index (χ0v) is 14.8. The molecule has 26 heavy (non-hydrogen) atoms. The first-order valence-electron chi connectivity index (χ1n) is 8.54. The minimum atomic E-state index is 0.504. The first kappa shape index (κ1) is 16.2. The molecule has 0 fully saturated rings. The zero-order valence-electron chi connectivity index (χ0n) is 14.8. The molecule has 0 atom stereocenters. The van der Waals surface area contributed by atoms with Crippen molar-refractivity contribution in [2.75, 3.05) is 7.11 Å². The summed E-state index contributed by atoms with van der Waals surface area (Å²) in [5.74, 6) is 1.42. The molecule has 130 valence electrons. The van der Waals surface area contributed by atoms with E-state index in [4.69, 9.17) is 14.5 Å². The number of ether oxygens (including phenoxy) is 2. The van der Waals surface area contributed by atoms with Gasteiger partial charge in [-0.3, -0.25) is 0 Å². The lowest BCUT2D eigenvalue weighted by Crippen LogP contribution is -1.97. The van der Waals surface area contributed by atoms with Gasteiger partial charge < -0.3 is 13.9 Å².